The summed E-state index contributed by atoms with van der Waals surface area (Å²) in [5.41, 5.74) is 0. The second-order valence-corrected chi connectivity index (χ2v) is 5.22. The van der Waals surface area contributed by atoms with Crippen LogP contribution in [0.25, 0.3) is 0 Å². The normalized spacial score (nSPS) is 11.2. The first kappa shape index (κ1) is 11.4. The zero-order valence-electron chi connectivity index (χ0n) is 8.74. The van der Waals surface area contributed by atoms with E-state index in [4.69, 9.17) is 9.47 Å². The first-order valence-corrected chi connectivity index (χ1v) is 6.75. The first-order valence-electron chi connectivity index (χ1n) is 5.04. The van der Waals surface area contributed by atoms with E-state index in [9.17, 15) is 0 Å². The van der Waals surface area contributed by atoms with Crippen LogP contribution in [0, 0.1) is 0 Å². The molecule has 0 radical (unpaired) electrons. The molecule has 0 amide bonds. The third kappa shape index (κ3) is 5.17. The predicted octanol–water partition coefficient (Wildman–Crippen LogP) is 0.562. The maximum Gasteiger partial charge on any atom is 0.0700 e. The van der Waals surface area contributed by atoms with E-state index in [1.165, 1.54) is 11.2 Å². The van der Waals surface area contributed by atoms with E-state index in [-0.39, 0.29) is 9.52 Å². The van der Waals surface area contributed by atoms with Gasteiger partial charge >= 0.3 is 0 Å². The number of methoxy groups -OCH3 is 1. The highest BCUT2D eigenvalue weighted by Gasteiger charge is 1.93. The van der Waals surface area contributed by atoms with Crippen LogP contribution in [0.4, 0.5) is 0 Å². The fraction of sp³-hybridized carbons (Fsp3) is 0.455. The van der Waals surface area contributed by atoms with Gasteiger partial charge in [0.2, 0.25) is 0 Å². The highest BCUT2D eigenvalue weighted by Crippen LogP contribution is 1.86. The van der Waals surface area contributed by atoms with Gasteiger partial charge in [-0.25, -0.2) is 0 Å². The van der Waals surface area contributed by atoms with E-state index in [0.717, 1.165) is 13.2 Å². The van der Waals surface area contributed by atoms with E-state index in [2.05, 4.69) is 30.3 Å². The molecule has 0 aliphatic carbocycles. The molecule has 0 bridgehead atoms. The molecule has 78 valence electrons. The fourth-order valence-electron chi connectivity index (χ4n) is 1.27. The average Bonchev–Trinajstić information content (AvgIpc) is 2.25. The minimum Gasteiger partial charge on any atom is -0.382 e. The molecule has 0 saturated carbocycles. The van der Waals surface area contributed by atoms with E-state index >= 15 is 0 Å². The summed E-state index contributed by atoms with van der Waals surface area (Å²) >= 11 is 0. The smallest absolute Gasteiger partial charge is 0.0700 e. The zero-order valence-corrected chi connectivity index (χ0v) is 10.2. The van der Waals surface area contributed by atoms with E-state index < -0.39 is 0 Å². The molecule has 0 unspecified atom stereocenters. The Morgan fingerprint density at radius 3 is 2.57 bits per heavy atom. The first-order chi connectivity index (χ1) is 6.93. The van der Waals surface area contributed by atoms with Gasteiger partial charge in [-0.3, -0.25) is 0 Å². The standard InChI is InChI=1S/C11H18O2Si/c1-12-7-8-13-9-10-14-11-5-3-2-4-6-11/h2-6H,7-10,14H2,1H3. The minimum absolute atomic E-state index is 0.111. The Kier molecular flexibility index (Phi) is 6.31. The summed E-state index contributed by atoms with van der Waals surface area (Å²) in [5, 5.41) is 1.52. The van der Waals surface area contributed by atoms with Gasteiger partial charge in [0.15, 0.2) is 0 Å². The molecule has 1 aromatic carbocycles. The van der Waals surface area contributed by atoms with Gasteiger partial charge in [-0.15, -0.1) is 0 Å². The van der Waals surface area contributed by atoms with Gasteiger partial charge in [0, 0.05) is 13.7 Å². The lowest BCUT2D eigenvalue weighted by atomic mass is 10.4. The largest absolute Gasteiger partial charge is 0.382 e. The van der Waals surface area contributed by atoms with Crippen LogP contribution in [0.1, 0.15) is 0 Å². The van der Waals surface area contributed by atoms with Gasteiger partial charge < -0.3 is 9.47 Å². The van der Waals surface area contributed by atoms with Gasteiger partial charge in [-0.1, -0.05) is 35.5 Å². The molecular weight excluding hydrogens is 192 g/mol. The zero-order chi connectivity index (χ0) is 10.1. The summed E-state index contributed by atoms with van der Waals surface area (Å²) in [6.07, 6.45) is 0. The third-order valence-electron chi connectivity index (χ3n) is 2.03. The van der Waals surface area contributed by atoms with Crippen molar-refractivity contribution in [2.24, 2.45) is 0 Å². The van der Waals surface area contributed by atoms with Crippen LogP contribution in [0.3, 0.4) is 0 Å². The van der Waals surface area contributed by atoms with Crippen molar-refractivity contribution in [3.8, 4) is 0 Å². The predicted molar refractivity (Wildman–Crippen MR) is 62.1 cm³/mol. The number of hydrogen-bond acceptors (Lipinski definition) is 2. The topological polar surface area (TPSA) is 18.5 Å². The van der Waals surface area contributed by atoms with Gasteiger partial charge in [0.1, 0.15) is 0 Å². The van der Waals surface area contributed by atoms with Crippen molar-refractivity contribution in [2.45, 2.75) is 6.04 Å². The summed E-state index contributed by atoms with van der Waals surface area (Å²) in [6, 6.07) is 11.9. The second-order valence-electron chi connectivity index (χ2n) is 3.19. The molecule has 2 nitrogen and oxygen atoms in total. The Labute approximate surface area is 88.1 Å². The summed E-state index contributed by atoms with van der Waals surface area (Å²) in [7, 11) is 1.59. The SMILES string of the molecule is COCCOCC[SiH2]c1ccccc1. The number of benzene rings is 1. The monoisotopic (exact) mass is 210 g/mol. The molecule has 1 aromatic rings. The van der Waals surface area contributed by atoms with Crippen LogP contribution in [0.2, 0.25) is 6.04 Å². The molecule has 0 aromatic heterocycles. The van der Waals surface area contributed by atoms with Crippen LogP contribution >= 0.6 is 0 Å². The maximum atomic E-state index is 5.41. The van der Waals surface area contributed by atoms with Crippen molar-refractivity contribution in [1.82, 2.24) is 0 Å². The lowest BCUT2D eigenvalue weighted by Gasteiger charge is -2.02. The van der Waals surface area contributed by atoms with Crippen molar-refractivity contribution in [3.05, 3.63) is 30.3 Å². The average molecular weight is 210 g/mol. The minimum atomic E-state index is -0.111. The van der Waals surface area contributed by atoms with Crippen molar-refractivity contribution >= 4 is 14.7 Å². The van der Waals surface area contributed by atoms with E-state index in [1.807, 2.05) is 0 Å². The molecule has 1 rings (SSSR count). The fourth-order valence-corrected chi connectivity index (χ4v) is 2.63. The molecule has 3 heteroatoms. The van der Waals surface area contributed by atoms with Crippen LogP contribution < -0.4 is 5.19 Å². The van der Waals surface area contributed by atoms with Crippen molar-refractivity contribution in [1.29, 1.82) is 0 Å². The van der Waals surface area contributed by atoms with Gasteiger partial charge in [-0.2, -0.15) is 0 Å². The van der Waals surface area contributed by atoms with Gasteiger partial charge in [0.05, 0.1) is 22.7 Å². The Morgan fingerprint density at radius 2 is 1.86 bits per heavy atom. The van der Waals surface area contributed by atoms with Crippen molar-refractivity contribution in [2.75, 3.05) is 26.9 Å². The number of rotatable bonds is 7. The molecule has 0 aliphatic rings. The molecule has 0 fully saturated rings. The highest BCUT2D eigenvalue weighted by molar-refractivity contribution is 6.53. The number of ether oxygens (including phenoxy) is 2. The lowest BCUT2D eigenvalue weighted by molar-refractivity contribution is 0.0777. The Balaban J connectivity index is 1.99. The molecule has 0 atom stereocenters. The second kappa shape index (κ2) is 7.73. The summed E-state index contributed by atoms with van der Waals surface area (Å²) in [5.74, 6) is 0. The third-order valence-corrected chi connectivity index (χ3v) is 3.72. The van der Waals surface area contributed by atoms with Crippen molar-refractivity contribution in [3.63, 3.8) is 0 Å². The Hall–Kier alpha value is -0.643. The Bertz CT molecular complexity index is 226. The van der Waals surface area contributed by atoms with Crippen LogP contribution in [0.5, 0.6) is 0 Å². The summed E-state index contributed by atoms with van der Waals surface area (Å²) < 4.78 is 10.3. The number of hydrogen-bond donors (Lipinski definition) is 0. The molecule has 0 saturated heterocycles. The summed E-state index contributed by atoms with van der Waals surface area (Å²) in [6.45, 7) is 2.30. The molecular formula is C11H18O2Si. The summed E-state index contributed by atoms with van der Waals surface area (Å²) in [4.78, 5) is 0. The van der Waals surface area contributed by atoms with Crippen molar-refractivity contribution < 1.29 is 9.47 Å². The van der Waals surface area contributed by atoms with Gasteiger partial charge in [-0.05, 0) is 6.04 Å². The van der Waals surface area contributed by atoms with E-state index in [1.54, 1.807) is 7.11 Å². The molecule has 0 N–H and O–H groups in total. The Morgan fingerprint density at radius 1 is 1.07 bits per heavy atom. The van der Waals surface area contributed by atoms with Crippen LogP contribution in [-0.4, -0.2) is 36.5 Å². The quantitative estimate of drug-likeness (QED) is 0.484. The molecule has 0 spiro atoms. The molecule has 0 heterocycles. The van der Waals surface area contributed by atoms with Gasteiger partial charge in [0.25, 0.3) is 0 Å². The maximum absolute atomic E-state index is 5.41. The van der Waals surface area contributed by atoms with Crippen LogP contribution in [-0.2, 0) is 9.47 Å². The molecule has 0 aliphatic heterocycles. The highest BCUT2D eigenvalue weighted by atomic mass is 28.2. The molecule has 14 heavy (non-hydrogen) atoms. The van der Waals surface area contributed by atoms with E-state index in [0.29, 0.717) is 6.61 Å². The van der Waals surface area contributed by atoms with Crippen LogP contribution in [0.15, 0.2) is 30.3 Å². The lowest BCUT2D eigenvalue weighted by Crippen LogP contribution is -2.15.